The Morgan fingerprint density at radius 1 is 0.690 bits per heavy atom. The third-order valence-corrected chi connectivity index (χ3v) is 9.77. The molecule has 0 aromatic heterocycles. The molecule has 29 heavy (non-hydrogen) atoms. The summed E-state index contributed by atoms with van der Waals surface area (Å²) in [7, 11) is -2.14. The predicted molar refractivity (Wildman–Crippen MR) is 130 cm³/mol. The zero-order valence-corrected chi connectivity index (χ0v) is 21.2. The molecule has 0 saturated carbocycles. The number of rotatable bonds is 18. The second kappa shape index (κ2) is 16.0. The van der Waals surface area contributed by atoms with Crippen LogP contribution in [0.5, 0.6) is 5.75 Å². The molecule has 0 amide bonds. The summed E-state index contributed by atoms with van der Waals surface area (Å²) in [5, 5.41) is 0. The van der Waals surface area contributed by atoms with E-state index in [1.807, 2.05) is 0 Å². The van der Waals surface area contributed by atoms with Crippen molar-refractivity contribution in [2.45, 2.75) is 124 Å². The third kappa shape index (κ3) is 10.7. The summed E-state index contributed by atoms with van der Waals surface area (Å²) < 4.78 is 13.0. The minimum Gasteiger partial charge on any atom is -0.520 e. The first-order valence-corrected chi connectivity index (χ1v) is 14.7. The summed E-state index contributed by atoms with van der Waals surface area (Å²) in [6.07, 6.45) is 16.5. The molecule has 0 unspecified atom stereocenters. The lowest BCUT2D eigenvalue weighted by Gasteiger charge is -2.30. The van der Waals surface area contributed by atoms with Crippen LogP contribution in [0.1, 0.15) is 109 Å². The van der Waals surface area contributed by atoms with E-state index in [2.05, 4.69) is 52.8 Å². The fourth-order valence-electron chi connectivity index (χ4n) is 3.86. The van der Waals surface area contributed by atoms with Gasteiger partial charge < -0.3 is 8.85 Å². The minimum absolute atomic E-state index is 0.857. The molecule has 168 valence electrons. The van der Waals surface area contributed by atoms with Gasteiger partial charge in [-0.05, 0) is 49.5 Å². The topological polar surface area (TPSA) is 18.5 Å². The second-order valence-corrected chi connectivity index (χ2v) is 12.4. The maximum Gasteiger partial charge on any atom is 0.398 e. The Kier molecular flexibility index (Phi) is 14.4. The van der Waals surface area contributed by atoms with Gasteiger partial charge in [-0.3, -0.25) is 0 Å². The molecule has 1 aromatic rings. The minimum atomic E-state index is -2.14. The molecule has 0 bridgehead atoms. The smallest absolute Gasteiger partial charge is 0.398 e. The van der Waals surface area contributed by atoms with Crippen LogP contribution in [0.2, 0.25) is 12.1 Å². The van der Waals surface area contributed by atoms with Crippen molar-refractivity contribution in [2.24, 2.45) is 0 Å². The van der Waals surface area contributed by atoms with Crippen molar-refractivity contribution in [3.8, 4) is 5.75 Å². The van der Waals surface area contributed by atoms with Gasteiger partial charge in [0, 0.05) is 6.61 Å². The number of benzene rings is 1. The van der Waals surface area contributed by atoms with E-state index in [1.54, 1.807) is 0 Å². The zero-order valence-electron chi connectivity index (χ0n) is 20.2. The van der Waals surface area contributed by atoms with Crippen molar-refractivity contribution < 1.29 is 8.85 Å². The van der Waals surface area contributed by atoms with Crippen LogP contribution in [0, 0.1) is 13.8 Å². The molecule has 2 nitrogen and oxygen atoms in total. The summed E-state index contributed by atoms with van der Waals surface area (Å²) in [5.41, 5.74) is 2.54. The average molecular weight is 421 g/mol. The van der Waals surface area contributed by atoms with Crippen LogP contribution in [0.3, 0.4) is 0 Å². The van der Waals surface area contributed by atoms with Crippen LogP contribution in [0.4, 0.5) is 0 Å². The standard InChI is InChI=1S/C26H48O2Si/c1-6-9-10-11-12-13-14-15-16-17-18-19-23-27-29(7-2,8-3)28-26-22-20-21-24(4)25(26)5/h20-22H,6-19,23H2,1-5H3. The Morgan fingerprint density at radius 2 is 1.21 bits per heavy atom. The lowest BCUT2D eigenvalue weighted by atomic mass is 10.1. The summed E-state index contributed by atoms with van der Waals surface area (Å²) >= 11 is 0. The van der Waals surface area contributed by atoms with Crippen molar-refractivity contribution in [1.29, 1.82) is 0 Å². The summed E-state index contributed by atoms with van der Waals surface area (Å²) in [5.74, 6) is 1.02. The van der Waals surface area contributed by atoms with Crippen LogP contribution >= 0.6 is 0 Å². The van der Waals surface area contributed by atoms with E-state index in [0.29, 0.717) is 0 Å². The molecule has 0 saturated heterocycles. The van der Waals surface area contributed by atoms with Gasteiger partial charge in [0.25, 0.3) is 0 Å². The van der Waals surface area contributed by atoms with Gasteiger partial charge in [0.1, 0.15) is 5.75 Å². The Hall–Kier alpha value is -0.803. The van der Waals surface area contributed by atoms with Crippen LogP contribution in [0.15, 0.2) is 18.2 Å². The van der Waals surface area contributed by atoms with Crippen molar-refractivity contribution in [3.05, 3.63) is 29.3 Å². The molecule has 0 spiro atoms. The predicted octanol–water partition coefficient (Wildman–Crippen LogP) is 8.88. The number of hydrogen-bond donors (Lipinski definition) is 0. The number of unbranched alkanes of at least 4 members (excludes halogenated alkanes) is 11. The Labute approximate surface area is 183 Å². The van der Waals surface area contributed by atoms with Crippen molar-refractivity contribution in [1.82, 2.24) is 0 Å². The molecule has 0 N–H and O–H groups in total. The molecular weight excluding hydrogens is 372 g/mol. The fraction of sp³-hybridized carbons (Fsp3) is 0.769. The quantitative estimate of drug-likeness (QED) is 0.174. The van der Waals surface area contributed by atoms with Crippen molar-refractivity contribution in [2.75, 3.05) is 6.61 Å². The van der Waals surface area contributed by atoms with Gasteiger partial charge in [0.05, 0.1) is 0 Å². The van der Waals surface area contributed by atoms with Crippen molar-refractivity contribution in [3.63, 3.8) is 0 Å². The van der Waals surface area contributed by atoms with Crippen LogP contribution < -0.4 is 4.43 Å². The molecule has 0 radical (unpaired) electrons. The summed E-state index contributed by atoms with van der Waals surface area (Å²) in [4.78, 5) is 0. The van der Waals surface area contributed by atoms with E-state index >= 15 is 0 Å². The molecular formula is C26H48O2Si. The van der Waals surface area contributed by atoms with Crippen molar-refractivity contribution >= 4 is 8.56 Å². The molecule has 0 aliphatic rings. The van der Waals surface area contributed by atoms with E-state index in [1.165, 1.54) is 88.2 Å². The second-order valence-electron chi connectivity index (χ2n) is 8.66. The van der Waals surface area contributed by atoms with Crippen LogP contribution in [0.25, 0.3) is 0 Å². The molecule has 3 heteroatoms. The largest absolute Gasteiger partial charge is 0.520 e. The highest BCUT2D eigenvalue weighted by molar-refractivity contribution is 6.68. The van der Waals surface area contributed by atoms with E-state index < -0.39 is 8.56 Å². The highest BCUT2D eigenvalue weighted by Gasteiger charge is 2.36. The first kappa shape index (κ1) is 26.2. The SMILES string of the molecule is CCCCCCCCCCCCCCO[Si](CC)(CC)Oc1cccc(C)c1C. The van der Waals surface area contributed by atoms with E-state index in [0.717, 1.165) is 24.4 Å². The highest BCUT2D eigenvalue weighted by atomic mass is 28.4. The first-order valence-electron chi connectivity index (χ1n) is 12.5. The third-order valence-electron chi connectivity index (χ3n) is 6.29. The lowest BCUT2D eigenvalue weighted by molar-refractivity contribution is 0.230. The first-order chi connectivity index (χ1) is 14.1. The van der Waals surface area contributed by atoms with Gasteiger partial charge in [0.2, 0.25) is 0 Å². The molecule has 1 rings (SSSR count). The lowest BCUT2D eigenvalue weighted by Crippen LogP contribution is -2.44. The Balaban J connectivity index is 2.18. The monoisotopic (exact) mass is 420 g/mol. The van der Waals surface area contributed by atoms with E-state index in [4.69, 9.17) is 8.85 Å². The Bertz CT molecular complexity index is 525. The molecule has 1 aromatic carbocycles. The Morgan fingerprint density at radius 3 is 1.72 bits per heavy atom. The normalized spacial score (nSPS) is 11.8. The number of aryl methyl sites for hydroxylation is 1. The molecule has 0 atom stereocenters. The average Bonchev–Trinajstić information content (AvgIpc) is 2.73. The van der Waals surface area contributed by atoms with E-state index in [9.17, 15) is 0 Å². The summed E-state index contributed by atoms with van der Waals surface area (Å²) in [6.45, 7) is 11.9. The van der Waals surface area contributed by atoms with Gasteiger partial charge in [-0.2, -0.15) is 0 Å². The molecule has 0 heterocycles. The van der Waals surface area contributed by atoms with Gasteiger partial charge in [-0.25, -0.2) is 0 Å². The number of hydrogen-bond acceptors (Lipinski definition) is 2. The maximum absolute atomic E-state index is 6.54. The van der Waals surface area contributed by atoms with E-state index in [-0.39, 0.29) is 0 Å². The summed E-state index contributed by atoms with van der Waals surface area (Å²) in [6, 6.07) is 8.36. The van der Waals surface area contributed by atoms with Gasteiger partial charge >= 0.3 is 8.56 Å². The van der Waals surface area contributed by atoms with Gasteiger partial charge in [-0.15, -0.1) is 0 Å². The molecule has 0 aliphatic carbocycles. The fourth-order valence-corrected chi connectivity index (χ4v) is 6.26. The molecule has 0 aliphatic heterocycles. The molecule has 0 fully saturated rings. The maximum atomic E-state index is 6.54. The van der Waals surface area contributed by atoms with Crippen LogP contribution in [-0.4, -0.2) is 15.2 Å². The van der Waals surface area contributed by atoms with Gasteiger partial charge in [0.15, 0.2) is 0 Å². The van der Waals surface area contributed by atoms with Gasteiger partial charge in [-0.1, -0.05) is 104 Å². The van der Waals surface area contributed by atoms with Crippen LogP contribution in [-0.2, 0) is 4.43 Å². The zero-order chi connectivity index (χ0) is 21.4. The highest BCUT2D eigenvalue weighted by Crippen LogP contribution is 2.28.